The van der Waals surface area contributed by atoms with Gasteiger partial charge in [0.25, 0.3) is 0 Å². The Balaban J connectivity index is 2.28. The van der Waals surface area contributed by atoms with Gasteiger partial charge in [0.1, 0.15) is 0 Å². The van der Waals surface area contributed by atoms with E-state index < -0.39 is 0 Å². The third-order valence-corrected chi connectivity index (χ3v) is 4.08. The first kappa shape index (κ1) is 12.8. The molecule has 0 aromatic heterocycles. The Kier molecular flexibility index (Phi) is 4.73. The van der Waals surface area contributed by atoms with Crippen LogP contribution in [0, 0.1) is 0 Å². The van der Waals surface area contributed by atoms with E-state index >= 15 is 0 Å². The number of nitrogens with zero attached hydrogens (tertiary/aromatic N) is 1. The van der Waals surface area contributed by atoms with Crippen LogP contribution in [0.2, 0.25) is 0 Å². The minimum absolute atomic E-state index is 0.614. The first-order chi connectivity index (χ1) is 8.36. The Hall–Kier alpha value is -0.690. The van der Waals surface area contributed by atoms with Crippen LogP contribution >= 0.6 is 11.6 Å². The lowest BCUT2D eigenvalue weighted by molar-refractivity contribution is 0.555. The fourth-order valence-corrected chi connectivity index (χ4v) is 3.05. The average molecular weight is 252 g/mol. The van der Waals surface area contributed by atoms with Crippen LogP contribution in [0.5, 0.6) is 0 Å². The van der Waals surface area contributed by atoms with Crippen LogP contribution in [0.25, 0.3) is 0 Å². The number of hydrogen-bond donors (Lipinski definition) is 0. The normalized spacial score (nSPS) is 21.3. The highest BCUT2D eigenvalue weighted by molar-refractivity contribution is 6.17. The molecule has 0 aliphatic carbocycles. The average Bonchev–Trinajstić information content (AvgIpc) is 2.63. The molecule has 1 unspecified atom stereocenters. The zero-order valence-electron chi connectivity index (χ0n) is 10.7. The van der Waals surface area contributed by atoms with Crippen molar-refractivity contribution < 1.29 is 0 Å². The van der Waals surface area contributed by atoms with Crippen LogP contribution in [0.3, 0.4) is 0 Å². The molecular weight excluding hydrogens is 230 g/mol. The topological polar surface area (TPSA) is 3.24 Å². The van der Waals surface area contributed by atoms with Gasteiger partial charge >= 0.3 is 0 Å². The molecule has 1 heterocycles. The highest BCUT2D eigenvalue weighted by atomic mass is 35.5. The number of hydrogen-bond acceptors (Lipinski definition) is 1. The summed E-state index contributed by atoms with van der Waals surface area (Å²) < 4.78 is 0. The van der Waals surface area contributed by atoms with Crippen molar-refractivity contribution in [1.82, 2.24) is 0 Å². The van der Waals surface area contributed by atoms with Crippen LogP contribution in [-0.2, 0) is 5.88 Å². The molecule has 1 aromatic rings. The summed E-state index contributed by atoms with van der Waals surface area (Å²) in [4.78, 5) is 2.59. The molecule has 0 amide bonds. The highest BCUT2D eigenvalue weighted by Gasteiger charge is 2.21. The minimum Gasteiger partial charge on any atom is -0.368 e. The summed E-state index contributed by atoms with van der Waals surface area (Å²) in [6.45, 7) is 3.48. The standard InChI is InChI=1S/C15H22ClN/c1-2-14-9-4-3-7-11-17(14)15-10-6-5-8-13(15)12-16/h5-6,8,10,14H,2-4,7,9,11-12H2,1H3. The van der Waals surface area contributed by atoms with Crippen LogP contribution in [0.4, 0.5) is 5.69 Å². The van der Waals surface area contributed by atoms with Gasteiger partial charge < -0.3 is 4.90 Å². The van der Waals surface area contributed by atoms with Crippen molar-refractivity contribution in [2.45, 2.75) is 50.9 Å². The molecule has 1 aromatic carbocycles. The smallest absolute Gasteiger partial charge is 0.0494 e. The van der Waals surface area contributed by atoms with E-state index in [1.54, 1.807) is 0 Å². The van der Waals surface area contributed by atoms with E-state index in [0.29, 0.717) is 11.9 Å². The molecule has 17 heavy (non-hydrogen) atoms. The molecule has 0 spiro atoms. The Morgan fingerprint density at radius 3 is 2.82 bits per heavy atom. The molecular formula is C15H22ClN. The lowest BCUT2D eigenvalue weighted by Gasteiger charge is -2.33. The summed E-state index contributed by atoms with van der Waals surface area (Å²) in [6.07, 6.45) is 6.62. The zero-order chi connectivity index (χ0) is 12.1. The molecule has 2 rings (SSSR count). The Labute approximate surface area is 110 Å². The number of benzene rings is 1. The van der Waals surface area contributed by atoms with E-state index in [2.05, 4.69) is 36.1 Å². The second kappa shape index (κ2) is 6.30. The van der Waals surface area contributed by atoms with E-state index in [4.69, 9.17) is 11.6 Å². The third kappa shape index (κ3) is 2.95. The van der Waals surface area contributed by atoms with Crippen LogP contribution in [0.1, 0.15) is 44.6 Å². The second-order valence-corrected chi connectivity index (χ2v) is 5.13. The van der Waals surface area contributed by atoms with E-state index in [-0.39, 0.29) is 0 Å². The molecule has 0 bridgehead atoms. The summed E-state index contributed by atoms with van der Waals surface area (Å²) in [6, 6.07) is 9.29. The maximum Gasteiger partial charge on any atom is 0.0494 e. The Bertz CT molecular complexity index is 351. The van der Waals surface area contributed by atoms with Crippen molar-refractivity contribution in [2.75, 3.05) is 11.4 Å². The molecule has 0 N–H and O–H groups in total. The second-order valence-electron chi connectivity index (χ2n) is 4.87. The molecule has 1 aliphatic heterocycles. The van der Waals surface area contributed by atoms with Crippen molar-refractivity contribution >= 4 is 17.3 Å². The lowest BCUT2D eigenvalue weighted by atomic mass is 10.1. The van der Waals surface area contributed by atoms with Crippen molar-refractivity contribution in [3.05, 3.63) is 29.8 Å². The molecule has 94 valence electrons. The van der Waals surface area contributed by atoms with Gasteiger partial charge in [-0.15, -0.1) is 11.6 Å². The van der Waals surface area contributed by atoms with E-state index in [1.165, 1.54) is 49.9 Å². The molecule has 0 radical (unpaired) electrons. The van der Waals surface area contributed by atoms with Crippen LogP contribution in [0.15, 0.2) is 24.3 Å². The maximum atomic E-state index is 6.06. The zero-order valence-corrected chi connectivity index (χ0v) is 11.4. The van der Waals surface area contributed by atoms with Gasteiger partial charge in [-0.2, -0.15) is 0 Å². The monoisotopic (exact) mass is 251 g/mol. The van der Waals surface area contributed by atoms with Gasteiger partial charge in [-0.25, -0.2) is 0 Å². The van der Waals surface area contributed by atoms with Gasteiger partial charge in [-0.05, 0) is 30.9 Å². The predicted octanol–water partition coefficient (Wildman–Crippen LogP) is 4.58. The number of halogens is 1. The molecule has 1 saturated heterocycles. The fourth-order valence-electron chi connectivity index (χ4n) is 2.82. The van der Waals surface area contributed by atoms with Gasteiger partial charge in [0.2, 0.25) is 0 Å². The van der Waals surface area contributed by atoms with Gasteiger partial charge in [-0.1, -0.05) is 38.0 Å². The maximum absolute atomic E-state index is 6.06. The minimum atomic E-state index is 0.614. The first-order valence-corrected chi connectivity index (χ1v) is 7.30. The van der Waals surface area contributed by atoms with Crippen LogP contribution in [-0.4, -0.2) is 12.6 Å². The summed E-state index contributed by atoms with van der Waals surface area (Å²) in [5.74, 6) is 0.614. The van der Waals surface area contributed by atoms with Gasteiger partial charge in [0.05, 0.1) is 0 Å². The van der Waals surface area contributed by atoms with Crippen molar-refractivity contribution in [2.24, 2.45) is 0 Å². The number of rotatable bonds is 3. The fraction of sp³-hybridized carbons (Fsp3) is 0.600. The summed E-state index contributed by atoms with van der Waals surface area (Å²) >= 11 is 6.06. The van der Waals surface area contributed by atoms with Gasteiger partial charge in [0.15, 0.2) is 0 Å². The molecule has 1 aliphatic rings. The molecule has 1 nitrogen and oxygen atoms in total. The van der Waals surface area contributed by atoms with Crippen LogP contribution < -0.4 is 4.90 Å². The summed E-state index contributed by atoms with van der Waals surface area (Å²) in [7, 11) is 0. The van der Waals surface area contributed by atoms with E-state index in [0.717, 1.165) is 0 Å². The molecule has 0 saturated carbocycles. The number of para-hydroxylation sites is 1. The highest BCUT2D eigenvalue weighted by Crippen LogP contribution is 2.29. The first-order valence-electron chi connectivity index (χ1n) is 6.77. The van der Waals surface area contributed by atoms with Crippen molar-refractivity contribution in [3.63, 3.8) is 0 Å². The van der Waals surface area contributed by atoms with Crippen molar-refractivity contribution in [3.8, 4) is 0 Å². The molecule has 1 fully saturated rings. The summed E-state index contributed by atoms with van der Waals surface area (Å²) in [5.41, 5.74) is 2.63. The molecule has 2 heteroatoms. The van der Waals surface area contributed by atoms with Crippen molar-refractivity contribution in [1.29, 1.82) is 0 Å². The summed E-state index contributed by atoms with van der Waals surface area (Å²) in [5, 5.41) is 0. The number of alkyl halides is 1. The number of anilines is 1. The van der Waals surface area contributed by atoms with E-state index in [1.807, 2.05) is 0 Å². The molecule has 1 atom stereocenters. The largest absolute Gasteiger partial charge is 0.368 e. The predicted molar refractivity (Wildman–Crippen MR) is 75.9 cm³/mol. The van der Waals surface area contributed by atoms with Gasteiger partial charge in [-0.3, -0.25) is 0 Å². The Morgan fingerprint density at radius 2 is 2.06 bits per heavy atom. The SMILES string of the molecule is CCC1CCCCCN1c1ccccc1CCl. The lowest BCUT2D eigenvalue weighted by Crippen LogP contribution is -2.34. The van der Waals surface area contributed by atoms with Gasteiger partial charge in [0, 0.05) is 24.2 Å². The van der Waals surface area contributed by atoms with E-state index in [9.17, 15) is 0 Å². The Morgan fingerprint density at radius 1 is 1.24 bits per heavy atom. The quantitative estimate of drug-likeness (QED) is 0.711. The third-order valence-electron chi connectivity index (χ3n) is 3.79.